The molecule has 0 atom stereocenters. The third-order valence-electron chi connectivity index (χ3n) is 14.8. The van der Waals surface area contributed by atoms with Crippen molar-refractivity contribution in [2.45, 2.75) is 155 Å². The zero-order valence-corrected chi connectivity index (χ0v) is 51.3. The molecule has 79 heavy (non-hydrogen) atoms. The van der Waals surface area contributed by atoms with Crippen molar-refractivity contribution < 1.29 is 23.7 Å². The summed E-state index contributed by atoms with van der Waals surface area (Å²) in [7, 11) is 0. The molecule has 442 valence electrons. The van der Waals surface area contributed by atoms with Crippen molar-refractivity contribution in [1.29, 1.82) is 0 Å². The van der Waals surface area contributed by atoms with Crippen molar-refractivity contribution >= 4 is 11.4 Å². The molecular weight excluding hydrogens is 985 g/mol. The summed E-state index contributed by atoms with van der Waals surface area (Å²) in [4.78, 5) is 4.77. The number of nitrogens with zero attached hydrogens (tertiary/aromatic N) is 2. The molecule has 13 nitrogen and oxygen atoms in total. The summed E-state index contributed by atoms with van der Waals surface area (Å²) in [6.45, 7) is 42.0. The van der Waals surface area contributed by atoms with E-state index in [4.69, 9.17) is 46.6 Å². The molecule has 10 N–H and O–H groups in total. The minimum absolute atomic E-state index is 0.0710. The lowest BCUT2D eigenvalue weighted by molar-refractivity contribution is 0.122. The second-order valence-corrected chi connectivity index (χ2v) is 25.8. The van der Waals surface area contributed by atoms with Crippen LogP contribution in [0.5, 0.6) is 23.0 Å². The van der Waals surface area contributed by atoms with Gasteiger partial charge in [0.1, 0.15) is 23.0 Å². The minimum Gasteiger partial charge on any atom is -0.493 e. The Hall–Kier alpha value is -4.60. The van der Waals surface area contributed by atoms with Gasteiger partial charge < -0.3 is 67.1 Å². The smallest absolute Gasteiger partial charge is 0.125 e. The Morgan fingerprint density at radius 2 is 0.759 bits per heavy atom. The van der Waals surface area contributed by atoms with Crippen LogP contribution in [0.15, 0.2) is 72.8 Å². The molecule has 3 heterocycles. The standard InChI is InChI=1S/C17H29N3O.C17H28N2O2.C16H26N2O.C16H25NO/c1-17(2,3)15-6-5-14(20-10-8-19-9-11-20)13-16(15)21-12-4-7-18;1-17(2,3)15-6-5-14(19-8-11-20-12-9-19)13-16(15)21-10-4-7-18;1-16(2,3)14-6-5-12(13-10-18-11-13)9-15(14)19-8-4-7-17;1-16(2,3)14-8-7-13(12-5-6-12)11-15(14)18-10-4-9-17/h5-6,13,19H,4,7-12,18H2,1-3H3;5-6,13H,4,7-12,18H2,1-3H3;5-6,9,13,18H,4,7-8,10-11,17H2,1-3H3;7-8,11-12H,4-6,9-10,17H2,1-3H3. The van der Waals surface area contributed by atoms with E-state index in [1.165, 1.54) is 57.6 Å². The van der Waals surface area contributed by atoms with Gasteiger partial charge in [0, 0.05) is 81.8 Å². The van der Waals surface area contributed by atoms with Gasteiger partial charge in [-0.1, -0.05) is 119 Å². The number of hydrogen-bond acceptors (Lipinski definition) is 13. The quantitative estimate of drug-likeness (QED) is 0.0461. The summed E-state index contributed by atoms with van der Waals surface area (Å²) in [5.74, 6) is 5.50. The molecule has 3 aliphatic heterocycles. The number of benzene rings is 4. The summed E-state index contributed by atoms with van der Waals surface area (Å²) < 4.78 is 29.3. The molecule has 0 aromatic heterocycles. The maximum Gasteiger partial charge on any atom is 0.125 e. The fraction of sp³-hybridized carbons (Fsp3) is 0.636. The number of rotatable bonds is 20. The van der Waals surface area contributed by atoms with Gasteiger partial charge in [-0.15, -0.1) is 0 Å². The fourth-order valence-electron chi connectivity index (χ4n) is 9.70. The molecule has 0 spiro atoms. The lowest BCUT2D eigenvalue weighted by Gasteiger charge is -2.31. The van der Waals surface area contributed by atoms with Crippen LogP contribution in [0.4, 0.5) is 11.4 Å². The van der Waals surface area contributed by atoms with Crippen molar-refractivity contribution in [1.82, 2.24) is 10.6 Å². The van der Waals surface area contributed by atoms with Crippen LogP contribution in [-0.4, -0.2) is 118 Å². The molecule has 3 saturated heterocycles. The Bertz CT molecular complexity index is 2300. The van der Waals surface area contributed by atoms with Crippen LogP contribution in [0, 0.1) is 0 Å². The lowest BCUT2D eigenvalue weighted by Crippen LogP contribution is -2.43. The molecule has 4 fully saturated rings. The van der Waals surface area contributed by atoms with Crippen molar-refractivity contribution in [2.24, 2.45) is 22.9 Å². The predicted octanol–water partition coefficient (Wildman–Crippen LogP) is 10.7. The number of piperazine rings is 1. The molecule has 1 saturated carbocycles. The average Bonchev–Trinajstić information content (AvgIpc) is 4.25. The van der Waals surface area contributed by atoms with Crippen molar-refractivity contribution in [3.8, 4) is 23.0 Å². The maximum atomic E-state index is 6.01. The number of morpholine rings is 1. The molecule has 1 aliphatic carbocycles. The lowest BCUT2D eigenvalue weighted by atomic mass is 9.84. The molecule has 0 unspecified atom stereocenters. The molecule has 0 amide bonds. The van der Waals surface area contributed by atoms with Crippen LogP contribution >= 0.6 is 0 Å². The van der Waals surface area contributed by atoms with Crippen LogP contribution in [0.3, 0.4) is 0 Å². The average molecular weight is 1090 g/mol. The van der Waals surface area contributed by atoms with E-state index < -0.39 is 0 Å². The van der Waals surface area contributed by atoms with Gasteiger partial charge in [0.05, 0.1) is 39.6 Å². The van der Waals surface area contributed by atoms with Crippen LogP contribution < -0.4 is 62.3 Å². The third kappa shape index (κ3) is 21.3. The van der Waals surface area contributed by atoms with Gasteiger partial charge >= 0.3 is 0 Å². The van der Waals surface area contributed by atoms with E-state index in [9.17, 15) is 0 Å². The van der Waals surface area contributed by atoms with E-state index in [1.54, 1.807) is 0 Å². The Balaban J connectivity index is 0.000000194. The van der Waals surface area contributed by atoms with Crippen molar-refractivity contribution in [3.63, 3.8) is 0 Å². The zero-order valence-electron chi connectivity index (χ0n) is 51.3. The number of hydrogen-bond donors (Lipinski definition) is 6. The topological polar surface area (TPSA) is 181 Å². The minimum atomic E-state index is 0.0710. The van der Waals surface area contributed by atoms with E-state index in [0.29, 0.717) is 58.5 Å². The molecule has 0 bridgehead atoms. The Kier molecular flexibility index (Phi) is 26.1. The van der Waals surface area contributed by atoms with Gasteiger partial charge in [0.15, 0.2) is 0 Å². The van der Waals surface area contributed by atoms with Crippen LogP contribution in [-0.2, 0) is 26.4 Å². The summed E-state index contributed by atoms with van der Waals surface area (Å²) in [5.41, 5.74) is 33.0. The highest BCUT2D eigenvalue weighted by atomic mass is 16.5. The van der Waals surface area contributed by atoms with Crippen LogP contribution in [0.2, 0.25) is 0 Å². The molecule has 13 heteroatoms. The van der Waals surface area contributed by atoms with Crippen molar-refractivity contribution in [3.05, 3.63) is 106 Å². The first-order valence-corrected chi connectivity index (χ1v) is 30.0. The molecule has 0 radical (unpaired) electrons. The van der Waals surface area contributed by atoms with Gasteiger partial charge in [0.2, 0.25) is 0 Å². The number of nitrogens with two attached hydrogens (primary N) is 4. The number of nitrogens with one attached hydrogen (secondary N) is 2. The van der Waals surface area contributed by atoms with Gasteiger partial charge in [-0.05, 0) is 150 Å². The highest BCUT2D eigenvalue weighted by Gasteiger charge is 2.28. The predicted molar refractivity (Wildman–Crippen MR) is 333 cm³/mol. The number of ether oxygens (including phenoxy) is 5. The van der Waals surface area contributed by atoms with Crippen LogP contribution in [0.1, 0.15) is 167 Å². The van der Waals surface area contributed by atoms with E-state index in [2.05, 4.69) is 176 Å². The highest BCUT2D eigenvalue weighted by molar-refractivity contribution is 5.57. The summed E-state index contributed by atoms with van der Waals surface area (Å²) in [5, 5.41) is 6.71. The second kappa shape index (κ2) is 31.6. The molecule has 4 aromatic rings. The van der Waals surface area contributed by atoms with Gasteiger partial charge in [-0.2, -0.15) is 0 Å². The first-order chi connectivity index (χ1) is 37.6. The van der Waals surface area contributed by atoms with Gasteiger partial charge in [-0.3, -0.25) is 0 Å². The summed E-state index contributed by atoms with van der Waals surface area (Å²) in [6, 6.07) is 26.7. The number of anilines is 2. The Labute approximate surface area is 478 Å². The monoisotopic (exact) mass is 1090 g/mol. The van der Waals surface area contributed by atoms with E-state index in [1.807, 2.05) is 0 Å². The van der Waals surface area contributed by atoms with Gasteiger partial charge in [-0.25, -0.2) is 0 Å². The zero-order chi connectivity index (χ0) is 57.6. The SMILES string of the molecule is CC(C)(C)c1ccc(C2CC2)cc1OCCCN.CC(C)(C)c1ccc(C2CNC2)cc1OCCCN.CC(C)(C)c1ccc(N2CCNCC2)cc1OCCCN.CC(C)(C)c1ccc(N2CCOCC2)cc1OCCCN. The molecular formula is C66H108N8O5. The normalized spacial score (nSPS) is 16.1. The molecule has 4 aliphatic rings. The molecule has 4 aromatic carbocycles. The Morgan fingerprint density at radius 1 is 0.430 bits per heavy atom. The summed E-state index contributed by atoms with van der Waals surface area (Å²) >= 11 is 0. The van der Waals surface area contributed by atoms with E-state index in [0.717, 1.165) is 120 Å². The Morgan fingerprint density at radius 3 is 1.08 bits per heavy atom. The summed E-state index contributed by atoms with van der Waals surface area (Å²) in [6.07, 6.45) is 6.25. The largest absolute Gasteiger partial charge is 0.493 e. The second-order valence-electron chi connectivity index (χ2n) is 25.8. The van der Waals surface area contributed by atoms with Crippen molar-refractivity contribution in [2.75, 3.05) is 128 Å². The van der Waals surface area contributed by atoms with Crippen LogP contribution in [0.25, 0.3) is 0 Å². The third-order valence-corrected chi connectivity index (χ3v) is 14.8. The molecule has 8 rings (SSSR count). The van der Waals surface area contributed by atoms with E-state index >= 15 is 0 Å². The van der Waals surface area contributed by atoms with Gasteiger partial charge in [0.25, 0.3) is 0 Å². The fourth-order valence-corrected chi connectivity index (χ4v) is 9.70. The first-order valence-electron chi connectivity index (χ1n) is 30.0. The highest BCUT2D eigenvalue weighted by Crippen LogP contribution is 2.44. The maximum absolute atomic E-state index is 6.01. The first kappa shape index (κ1) is 65.2. The van der Waals surface area contributed by atoms with E-state index in [-0.39, 0.29) is 21.7 Å².